The third kappa shape index (κ3) is 3.54. The summed E-state index contributed by atoms with van der Waals surface area (Å²) in [6.45, 7) is 0.772. The average Bonchev–Trinajstić information content (AvgIpc) is 2.45. The fourth-order valence-electron chi connectivity index (χ4n) is 1.96. The molecule has 0 spiro atoms. The Bertz CT molecular complexity index is 467. The van der Waals surface area contributed by atoms with Gasteiger partial charge in [-0.15, -0.1) is 0 Å². The highest BCUT2D eigenvalue weighted by Crippen LogP contribution is 2.15. The number of nitrogens with one attached hydrogen (secondary N) is 1. The molecule has 92 valence electrons. The lowest BCUT2D eigenvalue weighted by Gasteiger charge is -2.16. The van der Waals surface area contributed by atoms with Crippen LogP contribution < -0.4 is 5.32 Å². The molecule has 2 rings (SSSR count). The van der Waals surface area contributed by atoms with Crippen molar-refractivity contribution in [2.45, 2.75) is 19.0 Å². The van der Waals surface area contributed by atoms with E-state index in [1.54, 1.807) is 0 Å². The van der Waals surface area contributed by atoms with E-state index >= 15 is 0 Å². The van der Waals surface area contributed by atoms with E-state index in [-0.39, 0.29) is 6.04 Å². The van der Waals surface area contributed by atoms with E-state index in [1.165, 1.54) is 5.56 Å². The molecule has 2 heteroatoms. The van der Waals surface area contributed by atoms with Gasteiger partial charge in [-0.05, 0) is 11.1 Å². The molecule has 2 nitrogen and oxygen atoms in total. The maximum Gasteiger partial charge on any atom is 0.121 e. The molecule has 1 N–H and O–H groups in total. The Hall–Kier alpha value is -1.93. The van der Waals surface area contributed by atoms with Gasteiger partial charge in [-0.1, -0.05) is 60.7 Å². The zero-order valence-corrected chi connectivity index (χ0v) is 10.3. The Balaban J connectivity index is 2.01. The summed E-state index contributed by atoms with van der Waals surface area (Å²) >= 11 is 0. The minimum absolute atomic E-state index is 0.0870. The highest BCUT2D eigenvalue weighted by atomic mass is 16.1. The van der Waals surface area contributed by atoms with Crippen molar-refractivity contribution < 1.29 is 4.79 Å². The van der Waals surface area contributed by atoms with E-state index in [0.29, 0.717) is 6.42 Å². The maximum absolute atomic E-state index is 10.8. The fraction of sp³-hybridized carbons (Fsp3) is 0.188. The number of hydrogen-bond acceptors (Lipinski definition) is 2. The molecule has 1 atom stereocenters. The molecule has 0 bridgehead atoms. The lowest BCUT2D eigenvalue weighted by Crippen LogP contribution is -2.21. The first-order chi connectivity index (χ1) is 8.90. The summed E-state index contributed by atoms with van der Waals surface area (Å²) in [5.41, 5.74) is 2.38. The number of hydrogen-bond donors (Lipinski definition) is 1. The summed E-state index contributed by atoms with van der Waals surface area (Å²) in [7, 11) is 0. The smallest absolute Gasteiger partial charge is 0.121 e. The first kappa shape index (κ1) is 12.5. The fourth-order valence-corrected chi connectivity index (χ4v) is 1.96. The number of carbonyl (C=O) groups is 1. The van der Waals surface area contributed by atoms with E-state index in [1.807, 2.05) is 48.5 Å². The summed E-state index contributed by atoms with van der Waals surface area (Å²) < 4.78 is 0. The van der Waals surface area contributed by atoms with Crippen LogP contribution in [0.15, 0.2) is 60.7 Å². The van der Waals surface area contributed by atoms with Gasteiger partial charge in [0, 0.05) is 19.0 Å². The van der Waals surface area contributed by atoms with Crippen molar-refractivity contribution in [2.24, 2.45) is 0 Å². The van der Waals surface area contributed by atoms with Crippen LogP contribution in [0.3, 0.4) is 0 Å². The Morgan fingerprint density at radius 3 is 2.17 bits per heavy atom. The van der Waals surface area contributed by atoms with Gasteiger partial charge in [0.1, 0.15) is 6.29 Å². The van der Waals surface area contributed by atoms with Crippen LogP contribution in [0.4, 0.5) is 0 Å². The van der Waals surface area contributed by atoms with Gasteiger partial charge in [0.25, 0.3) is 0 Å². The highest BCUT2D eigenvalue weighted by Gasteiger charge is 2.09. The van der Waals surface area contributed by atoms with Crippen molar-refractivity contribution in [1.29, 1.82) is 0 Å². The van der Waals surface area contributed by atoms with Crippen molar-refractivity contribution in [1.82, 2.24) is 5.32 Å². The molecule has 0 fully saturated rings. The molecule has 18 heavy (non-hydrogen) atoms. The molecule has 2 aromatic rings. The van der Waals surface area contributed by atoms with Crippen LogP contribution >= 0.6 is 0 Å². The topological polar surface area (TPSA) is 29.1 Å². The SMILES string of the molecule is O=CC[C@H](NCc1ccccc1)c1ccccc1. The van der Waals surface area contributed by atoms with Crippen LogP contribution in [0, 0.1) is 0 Å². The van der Waals surface area contributed by atoms with Gasteiger partial charge in [0.2, 0.25) is 0 Å². The van der Waals surface area contributed by atoms with Crippen LogP contribution in [-0.4, -0.2) is 6.29 Å². The molecular weight excluding hydrogens is 222 g/mol. The van der Waals surface area contributed by atoms with Crippen molar-refractivity contribution in [2.75, 3.05) is 0 Å². The van der Waals surface area contributed by atoms with Gasteiger partial charge in [-0.3, -0.25) is 0 Å². The summed E-state index contributed by atoms with van der Waals surface area (Å²) in [5.74, 6) is 0. The molecule has 0 unspecified atom stereocenters. The van der Waals surface area contributed by atoms with E-state index in [4.69, 9.17) is 0 Å². The second-order valence-corrected chi connectivity index (χ2v) is 4.23. The van der Waals surface area contributed by atoms with Gasteiger partial charge < -0.3 is 10.1 Å². The van der Waals surface area contributed by atoms with Gasteiger partial charge in [-0.2, -0.15) is 0 Å². The maximum atomic E-state index is 10.8. The molecule has 0 aliphatic carbocycles. The minimum Gasteiger partial charge on any atom is -0.305 e. The standard InChI is InChI=1S/C16H17NO/c18-12-11-16(15-9-5-2-6-10-15)17-13-14-7-3-1-4-8-14/h1-10,12,16-17H,11,13H2/t16-/m0/s1. The molecule has 0 aliphatic rings. The Morgan fingerprint density at radius 2 is 1.56 bits per heavy atom. The van der Waals surface area contributed by atoms with Crippen molar-refractivity contribution in [3.8, 4) is 0 Å². The third-order valence-corrected chi connectivity index (χ3v) is 2.93. The lowest BCUT2D eigenvalue weighted by atomic mass is 10.0. The quantitative estimate of drug-likeness (QED) is 0.785. The van der Waals surface area contributed by atoms with Crippen LogP contribution in [0.1, 0.15) is 23.6 Å². The molecular formula is C16H17NO. The average molecular weight is 239 g/mol. The summed E-state index contributed by atoms with van der Waals surface area (Å²) in [4.78, 5) is 10.8. The van der Waals surface area contributed by atoms with Crippen molar-refractivity contribution in [3.05, 3.63) is 71.8 Å². The molecule has 0 aromatic heterocycles. The van der Waals surface area contributed by atoms with Gasteiger partial charge >= 0.3 is 0 Å². The number of carbonyl (C=O) groups excluding carboxylic acids is 1. The van der Waals surface area contributed by atoms with Crippen LogP contribution in [0.25, 0.3) is 0 Å². The second kappa shape index (κ2) is 6.72. The molecule has 0 saturated heterocycles. The van der Waals surface area contributed by atoms with Crippen LogP contribution in [-0.2, 0) is 11.3 Å². The first-order valence-electron chi connectivity index (χ1n) is 6.16. The van der Waals surface area contributed by atoms with E-state index in [2.05, 4.69) is 17.4 Å². The van der Waals surface area contributed by atoms with Crippen molar-refractivity contribution >= 4 is 6.29 Å². The van der Waals surface area contributed by atoms with E-state index < -0.39 is 0 Å². The molecule has 0 amide bonds. The summed E-state index contributed by atoms with van der Waals surface area (Å²) in [6, 6.07) is 20.4. The van der Waals surface area contributed by atoms with Gasteiger partial charge in [-0.25, -0.2) is 0 Å². The molecule has 0 aliphatic heterocycles. The predicted molar refractivity (Wildman–Crippen MR) is 73.1 cm³/mol. The van der Waals surface area contributed by atoms with Gasteiger partial charge in [0.15, 0.2) is 0 Å². The van der Waals surface area contributed by atoms with E-state index in [9.17, 15) is 4.79 Å². The van der Waals surface area contributed by atoms with Crippen molar-refractivity contribution in [3.63, 3.8) is 0 Å². The largest absolute Gasteiger partial charge is 0.305 e. The zero-order chi connectivity index (χ0) is 12.6. The predicted octanol–water partition coefficient (Wildman–Crippen LogP) is 3.11. The highest BCUT2D eigenvalue weighted by molar-refractivity contribution is 5.51. The Morgan fingerprint density at radius 1 is 0.944 bits per heavy atom. The number of aldehydes is 1. The molecule has 0 radical (unpaired) electrons. The number of rotatable bonds is 6. The molecule has 2 aromatic carbocycles. The third-order valence-electron chi connectivity index (χ3n) is 2.93. The summed E-state index contributed by atoms with van der Waals surface area (Å²) in [5, 5.41) is 3.42. The number of benzene rings is 2. The first-order valence-corrected chi connectivity index (χ1v) is 6.16. The van der Waals surface area contributed by atoms with E-state index in [0.717, 1.165) is 18.4 Å². The van der Waals surface area contributed by atoms with Crippen LogP contribution in [0.5, 0.6) is 0 Å². The van der Waals surface area contributed by atoms with Gasteiger partial charge in [0.05, 0.1) is 0 Å². The minimum atomic E-state index is 0.0870. The Kier molecular flexibility index (Phi) is 4.68. The van der Waals surface area contributed by atoms with Crippen LogP contribution in [0.2, 0.25) is 0 Å². The molecule has 0 saturated carbocycles. The Labute approximate surface area is 108 Å². The monoisotopic (exact) mass is 239 g/mol. The summed E-state index contributed by atoms with van der Waals surface area (Å²) in [6.07, 6.45) is 1.46. The normalized spacial score (nSPS) is 12.0. The second-order valence-electron chi connectivity index (χ2n) is 4.23. The zero-order valence-electron chi connectivity index (χ0n) is 10.3. The molecule has 0 heterocycles. The lowest BCUT2D eigenvalue weighted by molar-refractivity contribution is -0.108.